The number of hydrogen-bond donors (Lipinski definition) is 1. The summed E-state index contributed by atoms with van der Waals surface area (Å²) >= 11 is 0. The average molecular weight is 244 g/mol. The van der Waals surface area contributed by atoms with Crippen molar-refractivity contribution in [3.63, 3.8) is 0 Å². The first kappa shape index (κ1) is 12.0. The molecular formula is C16H24N2. The normalized spacial score (nSPS) is 18.1. The first-order chi connectivity index (χ1) is 8.59. The van der Waals surface area contributed by atoms with Crippen LogP contribution in [0, 0.1) is 5.41 Å². The Kier molecular flexibility index (Phi) is 2.86. The zero-order valence-corrected chi connectivity index (χ0v) is 11.6. The Morgan fingerprint density at radius 3 is 2.61 bits per heavy atom. The van der Waals surface area contributed by atoms with Crippen LogP contribution in [0.25, 0.3) is 0 Å². The highest BCUT2D eigenvalue weighted by atomic mass is 15.2. The van der Waals surface area contributed by atoms with Crippen molar-refractivity contribution in [2.45, 2.75) is 39.5 Å². The van der Waals surface area contributed by atoms with E-state index in [2.05, 4.69) is 30.9 Å². The first-order valence-electron chi connectivity index (χ1n) is 7.19. The lowest BCUT2D eigenvalue weighted by Crippen LogP contribution is -2.27. The average Bonchev–Trinajstić information content (AvgIpc) is 2.74. The van der Waals surface area contributed by atoms with Gasteiger partial charge in [0.1, 0.15) is 0 Å². The lowest BCUT2D eigenvalue weighted by molar-refractivity contribution is 0.376. The second-order valence-corrected chi connectivity index (χ2v) is 6.65. The van der Waals surface area contributed by atoms with Gasteiger partial charge in [-0.05, 0) is 54.3 Å². The van der Waals surface area contributed by atoms with Gasteiger partial charge in [0.25, 0.3) is 0 Å². The molecule has 0 aliphatic carbocycles. The van der Waals surface area contributed by atoms with Crippen LogP contribution in [-0.2, 0) is 19.3 Å². The van der Waals surface area contributed by atoms with Gasteiger partial charge >= 0.3 is 0 Å². The molecule has 2 heteroatoms. The molecule has 0 unspecified atom stereocenters. The summed E-state index contributed by atoms with van der Waals surface area (Å²) < 4.78 is 0. The van der Waals surface area contributed by atoms with E-state index in [4.69, 9.17) is 5.73 Å². The van der Waals surface area contributed by atoms with Crippen molar-refractivity contribution in [1.82, 2.24) is 0 Å². The largest absolute Gasteiger partial charge is 0.371 e. The van der Waals surface area contributed by atoms with Crippen LogP contribution in [0.15, 0.2) is 12.1 Å². The van der Waals surface area contributed by atoms with Crippen LogP contribution in [0.2, 0.25) is 0 Å². The number of benzene rings is 1. The Morgan fingerprint density at radius 2 is 1.89 bits per heavy atom. The second-order valence-electron chi connectivity index (χ2n) is 6.65. The Labute approximate surface area is 110 Å². The lowest BCUT2D eigenvalue weighted by Gasteiger charge is -2.29. The standard InChI is InChI=1S/C16H24N2/c1-16(2,11-17)10-12-8-13-4-3-6-18-7-5-14(9-12)15(13)18/h8-9H,3-7,10-11,17H2,1-2H3. The van der Waals surface area contributed by atoms with E-state index < -0.39 is 0 Å². The molecule has 2 aliphatic heterocycles. The molecule has 0 spiro atoms. The van der Waals surface area contributed by atoms with Gasteiger partial charge in [-0.25, -0.2) is 0 Å². The monoisotopic (exact) mass is 244 g/mol. The van der Waals surface area contributed by atoms with Gasteiger partial charge in [-0.1, -0.05) is 26.0 Å². The molecule has 0 radical (unpaired) electrons. The third kappa shape index (κ3) is 2.03. The van der Waals surface area contributed by atoms with Crippen LogP contribution in [0.3, 0.4) is 0 Å². The molecular weight excluding hydrogens is 220 g/mol. The SMILES string of the molecule is CC(C)(CN)Cc1cc2c3c(c1)CCN3CCC2. The summed E-state index contributed by atoms with van der Waals surface area (Å²) in [4.78, 5) is 2.58. The van der Waals surface area contributed by atoms with Gasteiger partial charge in [-0.3, -0.25) is 0 Å². The fourth-order valence-corrected chi connectivity index (χ4v) is 3.40. The quantitative estimate of drug-likeness (QED) is 0.885. The summed E-state index contributed by atoms with van der Waals surface area (Å²) in [6, 6.07) is 4.87. The summed E-state index contributed by atoms with van der Waals surface area (Å²) in [6.07, 6.45) is 4.91. The maximum absolute atomic E-state index is 5.86. The highest BCUT2D eigenvalue weighted by Gasteiger charge is 2.27. The van der Waals surface area contributed by atoms with Gasteiger partial charge in [0.2, 0.25) is 0 Å². The summed E-state index contributed by atoms with van der Waals surface area (Å²) in [5, 5.41) is 0. The van der Waals surface area contributed by atoms with E-state index >= 15 is 0 Å². The molecule has 1 aromatic rings. The van der Waals surface area contributed by atoms with E-state index in [0.717, 1.165) is 13.0 Å². The maximum Gasteiger partial charge on any atom is 0.0432 e. The Morgan fingerprint density at radius 1 is 1.17 bits per heavy atom. The van der Waals surface area contributed by atoms with Crippen molar-refractivity contribution < 1.29 is 0 Å². The Balaban J connectivity index is 1.95. The van der Waals surface area contributed by atoms with E-state index in [1.165, 1.54) is 37.9 Å². The number of anilines is 1. The number of hydrogen-bond acceptors (Lipinski definition) is 2. The van der Waals surface area contributed by atoms with Crippen LogP contribution in [0.5, 0.6) is 0 Å². The number of aryl methyl sites for hydroxylation is 1. The molecule has 2 heterocycles. The third-order valence-corrected chi connectivity index (χ3v) is 4.40. The zero-order chi connectivity index (χ0) is 12.8. The van der Waals surface area contributed by atoms with Crippen molar-refractivity contribution in [1.29, 1.82) is 0 Å². The fourth-order valence-electron chi connectivity index (χ4n) is 3.40. The molecule has 0 aromatic heterocycles. The summed E-state index contributed by atoms with van der Waals surface area (Å²) in [5.41, 5.74) is 12.3. The van der Waals surface area contributed by atoms with Crippen LogP contribution in [0.4, 0.5) is 5.69 Å². The molecule has 3 rings (SSSR count). The Bertz CT molecular complexity index is 462. The summed E-state index contributed by atoms with van der Waals surface area (Å²) in [6.45, 7) is 7.77. The predicted molar refractivity (Wildman–Crippen MR) is 77.2 cm³/mol. The predicted octanol–water partition coefficient (Wildman–Crippen LogP) is 2.52. The van der Waals surface area contributed by atoms with Crippen molar-refractivity contribution in [3.05, 3.63) is 28.8 Å². The second kappa shape index (κ2) is 4.27. The van der Waals surface area contributed by atoms with E-state index in [0.29, 0.717) is 0 Å². The maximum atomic E-state index is 5.86. The van der Waals surface area contributed by atoms with Crippen molar-refractivity contribution >= 4 is 5.69 Å². The molecule has 98 valence electrons. The van der Waals surface area contributed by atoms with Crippen LogP contribution < -0.4 is 10.6 Å². The molecule has 2 aliphatic rings. The molecule has 0 fully saturated rings. The van der Waals surface area contributed by atoms with Gasteiger partial charge in [0.05, 0.1) is 0 Å². The Hall–Kier alpha value is -1.02. The first-order valence-corrected chi connectivity index (χ1v) is 7.19. The molecule has 2 nitrogen and oxygen atoms in total. The van der Waals surface area contributed by atoms with E-state index in [-0.39, 0.29) is 5.41 Å². The van der Waals surface area contributed by atoms with Gasteiger partial charge in [-0.15, -0.1) is 0 Å². The van der Waals surface area contributed by atoms with E-state index in [1.807, 2.05) is 0 Å². The minimum atomic E-state index is 0.216. The summed E-state index contributed by atoms with van der Waals surface area (Å²) in [5.74, 6) is 0. The molecule has 2 N–H and O–H groups in total. The van der Waals surface area contributed by atoms with E-state index in [1.54, 1.807) is 16.8 Å². The van der Waals surface area contributed by atoms with Gasteiger partial charge in [0, 0.05) is 18.8 Å². The van der Waals surface area contributed by atoms with Gasteiger partial charge < -0.3 is 10.6 Å². The molecule has 0 saturated heterocycles. The molecule has 0 saturated carbocycles. The fraction of sp³-hybridized carbons (Fsp3) is 0.625. The molecule has 0 atom stereocenters. The smallest absolute Gasteiger partial charge is 0.0432 e. The minimum Gasteiger partial charge on any atom is -0.371 e. The topological polar surface area (TPSA) is 29.3 Å². The number of nitrogens with zero attached hydrogens (tertiary/aromatic N) is 1. The van der Waals surface area contributed by atoms with Crippen LogP contribution >= 0.6 is 0 Å². The van der Waals surface area contributed by atoms with Crippen LogP contribution in [-0.4, -0.2) is 19.6 Å². The number of nitrogens with two attached hydrogens (primary N) is 1. The van der Waals surface area contributed by atoms with E-state index in [9.17, 15) is 0 Å². The van der Waals surface area contributed by atoms with Crippen molar-refractivity contribution in [2.75, 3.05) is 24.5 Å². The summed E-state index contributed by atoms with van der Waals surface area (Å²) in [7, 11) is 0. The van der Waals surface area contributed by atoms with Crippen molar-refractivity contribution in [2.24, 2.45) is 11.1 Å². The minimum absolute atomic E-state index is 0.216. The number of rotatable bonds is 3. The molecule has 18 heavy (non-hydrogen) atoms. The lowest BCUT2D eigenvalue weighted by atomic mass is 9.84. The molecule has 1 aromatic carbocycles. The molecule has 0 amide bonds. The van der Waals surface area contributed by atoms with Crippen molar-refractivity contribution in [3.8, 4) is 0 Å². The highest BCUT2D eigenvalue weighted by molar-refractivity contribution is 5.66. The molecule has 0 bridgehead atoms. The zero-order valence-electron chi connectivity index (χ0n) is 11.6. The van der Waals surface area contributed by atoms with Gasteiger partial charge in [0.15, 0.2) is 0 Å². The van der Waals surface area contributed by atoms with Gasteiger partial charge in [-0.2, -0.15) is 0 Å². The third-order valence-electron chi connectivity index (χ3n) is 4.40. The van der Waals surface area contributed by atoms with Crippen LogP contribution in [0.1, 0.15) is 37.0 Å². The highest BCUT2D eigenvalue weighted by Crippen LogP contribution is 2.37.